The highest BCUT2D eigenvalue weighted by Crippen LogP contribution is 2.21. The highest BCUT2D eigenvalue weighted by Gasteiger charge is 2.14. The Bertz CT molecular complexity index is 714. The van der Waals surface area contributed by atoms with Crippen molar-refractivity contribution in [3.05, 3.63) is 54.1 Å². The minimum absolute atomic E-state index is 0.00509. The van der Waals surface area contributed by atoms with Crippen molar-refractivity contribution >= 4 is 21.4 Å². The minimum atomic E-state index is -3.81. The minimum Gasteiger partial charge on any atom is -0.399 e. The first-order valence-corrected chi connectivity index (χ1v) is 7.82. The third kappa shape index (κ3) is 3.94. The molecular formula is C14H17N3O3S. The molecular weight excluding hydrogens is 290 g/mol. The highest BCUT2D eigenvalue weighted by atomic mass is 32.2. The highest BCUT2D eigenvalue weighted by molar-refractivity contribution is 7.89. The number of aliphatic hydroxyl groups excluding tert-OH is 1. The SMILES string of the molecule is Nc1ccc(C(O)CNc2ccccc2S(N)(=O)=O)cc1. The lowest BCUT2D eigenvalue weighted by Gasteiger charge is -2.15. The number of anilines is 2. The Hall–Kier alpha value is -2.09. The summed E-state index contributed by atoms with van der Waals surface area (Å²) in [6, 6.07) is 13.1. The Morgan fingerprint density at radius 2 is 1.71 bits per heavy atom. The van der Waals surface area contributed by atoms with Crippen LogP contribution < -0.4 is 16.2 Å². The van der Waals surface area contributed by atoms with Crippen LogP contribution in [0.15, 0.2) is 53.4 Å². The number of hydrogen-bond acceptors (Lipinski definition) is 5. The van der Waals surface area contributed by atoms with Gasteiger partial charge in [0.25, 0.3) is 0 Å². The summed E-state index contributed by atoms with van der Waals surface area (Å²) in [5.74, 6) is 0. The van der Waals surface area contributed by atoms with Crippen molar-refractivity contribution in [1.82, 2.24) is 0 Å². The van der Waals surface area contributed by atoms with Crippen LogP contribution in [0.25, 0.3) is 0 Å². The molecule has 0 radical (unpaired) electrons. The maximum Gasteiger partial charge on any atom is 0.240 e. The molecule has 0 spiro atoms. The van der Waals surface area contributed by atoms with Gasteiger partial charge in [0, 0.05) is 12.2 Å². The van der Waals surface area contributed by atoms with E-state index in [2.05, 4.69) is 5.32 Å². The van der Waals surface area contributed by atoms with E-state index in [1.54, 1.807) is 42.5 Å². The summed E-state index contributed by atoms with van der Waals surface area (Å²) < 4.78 is 22.9. The molecule has 6 N–H and O–H groups in total. The maximum absolute atomic E-state index is 11.5. The first-order valence-electron chi connectivity index (χ1n) is 6.27. The van der Waals surface area contributed by atoms with E-state index in [-0.39, 0.29) is 11.4 Å². The molecule has 112 valence electrons. The monoisotopic (exact) mass is 307 g/mol. The van der Waals surface area contributed by atoms with Crippen molar-refractivity contribution in [3.63, 3.8) is 0 Å². The van der Waals surface area contributed by atoms with Crippen LogP contribution in [0.2, 0.25) is 0 Å². The predicted octanol–water partition coefficient (Wildman–Crippen LogP) is 1.06. The number of sulfonamides is 1. The van der Waals surface area contributed by atoms with Crippen LogP contribution in [-0.2, 0) is 10.0 Å². The summed E-state index contributed by atoms with van der Waals surface area (Å²) in [6.07, 6.45) is -0.792. The third-order valence-electron chi connectivity index (χ3n) is 3.00. The number of nitrogens with one attached hydrogen (secondary N) is 1. The van der Waals surface area contributed by atoms with Gasteiger partial charge >= 0.3 is 0 Å². The summed E-state index contributed by atoms with van der Waals surface area (Å²) in [7, 11) is -3.81. The van der Waals surface area contributed by atoms with Crippen molar-refractivity contribution in [1.29, 1.82) is 0 Å². The van der Waals surface area contributed by atoms with Crippen LogP contribution in [0, 0.1) is 0 Å². The zero-order valence-corrected chi connectivity index (χ0v) is 12.0. The van der Waals surface area contributed by atoms with Crippen LogP contribution >= 0.6 is 0 Å². The molecule has 2 rings (SSSR count). The van der Waals surface area contributed by atoms with E-state index in [1.165, 1.54) is 6.07 Å². The molecule has 0 aliphatic rings. The number of hydrogen-bond donors (Lipinski definition) is 4. The zero-order chi connectivity index (χ0) is 15.5. The molecule has 0 bridgehead atoms. The van der Waals surface area contributed by atoms with E-state index in [1.807, 2.05) is 0 Å². The van der Waals surface area contributed by atoms with E-state index in [0.29, 0.717) is 16.9 Å². The largest absolute Gasteiger partial charge is 0.399 e. The Morgan fingerprint density at radius 3 is 2.33 bits per heavy atom. The number of nitrogen functional groups attached to an aromatic ring is 1. The van der Waals surface area contributed by atoms with Gasteiger partial charge in [-0.15, -0.1) is 0 Å². The lowest BCUT2D eigenvalue weighted by molar-refractivity contribution is 0.191. The van der Waals surface area contributed by atoms with Gasteiger partial charge < -0.3 is 16.2 Å². The predicted molar refractivity (Wildman–Crippen MR) is 82.1 cm³/mol. The van der Waals surface area contributed by atoms with E-state index in [0.717, 1.165) is 0 Å². The fraction of sp³-hybridized carbons (Fsp3) is 0.143. The topological polar surface area (TPSA) is 118 Å². The molecule has 0 heterocycles. The van der Waals surface area contributed by atoms with Crippen LogP contribution in [0.4, 0.5) is 11.4 Å². The zero-order valence-electron chi connectivity index (χ0n) is 11.2. The van der Waals surface area contributed by atoms with E-state index < -0.39 is 16.1 Å². The molecule has 6 nitrogen and oxygen atoms in total. The maximum atomic E-state index is 11.5. The standard InChI is InChI=1S/C14H17N3O3S/c15-11-7-5-10(6-8-11)13(18)9-17-12-3-1-2-4-14(12)21(16,19)20/h1-8,13,17-18H,9,15H2,(H2,16,19,20). The molecule has 0 aliphatic heterocycles. The second-order valence-corrected chi connectivity index (χ2v) is 6.13. The lowest BCUT2D eigenvalue weighted by atomic mass is 10.1. The first kappa shape index (κ1) is 15.3. The second kappa shape index (κ2) is 6.13. The van der Waals surface area contributed by atoms with Gasteiger partial charge in [0.1, 0.15) is 4.90 Å². The van der Waals surface area contributed by atoms with Crippen molar-refractivity contribution in [2.75, 3.05) is 17.6 Å². The van der Waals surface area contributed by atoms with Crippen molar-refractivity contribution in [3.8, 4) is 0 Å². The van der Waals surface area contributed by atoms with E-state index in [9.17, 15) is 13.5 Å². The fourth-order valence-electron chi connectivity index (χ4n) is 1.90. The van der Waals surface area contributed by atoms with Gasteiger partial charge in [-0.2, -0.15) is 0 Å². The second-order valence-electron chi connectivity index (χ2n) is 4.60. The van der Waals surface area contributed by atoms with Crippen LogP contribution in [0.3, 0.4) is 0 Å². The molecule has 1 unspecified atom stereocenters. The quantitative estimate of drug-likeness (QED) is 0.616. The van der Waals surface area contributed by atoms with Gasteiger partial charge in [-0.1, -0.05) is 24.3 Å². The summed E-state index contributed by atoms with van der Waals surface area (Å²) in [4.78, 5) is -0.00509. The van der Waals surface area contributed by atoms with Gasteiger partial charge in [-0.25, -0.2) is 13.6 Å². The molecule has 21 heavy (non-hydrogen) atoms. The summed E-state index contributed by atoms with van der Waals surface area (Å²) in [6.45, 7) is 0.149. The Morgan fingerprint density at radius 1 is 1.10 bits per heavy atom. The van der Waals surface area contributed by atoms with Crippen molar-refractivity contribution in [2.45, 2.75) is 11.0 Å². The van der Waals surface area contributed by atoms with E-state index >= 15 is 0 Å². The molecule has 1 atom stereocenters. The first-order chi connectivity index (χ1) is 9.88. The molecule has 0 aliphatic carbocycles. The van der Waals surface area contributed by atoms with Gasteiger partial charge in [-0.3, -0.25) is 0 Å². The van der Waals surface area contributed by atoms with Gasteiger partial charge in [0.15, 0.2) is 0 Å². The number of benzene rings is 2. The number of para-hydroxylation sites is 1. The number of rotatable bonds is 5. The Balaban J connectivity index is 2.12. The lowest BCUT2D eigenvalue weighted by Crippen LogP contribution is -2.17. The Labute approximate surface area is 123 Å². The fourth-order valence-corrected chi connectivity index (χ4v) is 2.62. The van der Waals surface area contributed by atoms with Crippen LogP contribution in [-0.4, -0.2) is 20.1 Å². The summed E-state index contributed by atoms with van der Waals surface area (Å²) in [5.41, 5.74) is 7.23. The molecule has 2 aromatic rings. The molecule has 0 aromatic heterocycles. The van der Waals surface area contributed by atoms with E-state index in [4.69, 9.17) is 10.9 Å². The van der Waals surface area contributed by atoms with Gasteiger partial charge in [0.2, 0.25) is 10.0 Å². The molecule has 0 amide bonds. The van der Waals surface area contributed by atoms with Crippen molar-refractivity contribution < 1.29 is 13.5 Å². The number of aliphatic hydroxyl groups is 1. The van der Waals surface area contributed by atoms with Gasteiger partial charge in [0.05, 0.1) is 11.8 Å². The smallest absolute Gasteiger partial charge is 0.240 e. The molecule has 2 aromatic carbocycles. The average Bonchev–Trinajstić information content (AvgIpc) is 2.45. The van der Waals surface area contributed by atoms with Crippen LogP contribution in [0.1, 0.15) is 11.7 Å². The van der Waals surface area contributed by atoms with Gasteiger partial charge in [-0.05, 0) is 29.8 Å². The number of nitrogens with two attached hydrogens (primary N) is 2. The third-order valence-corrected chi connectivity index (χ3v) is 3.97. The summed E-state index contributed by atoms with van der Waals surface area (Å²) in [5, 5.41) is 18.1. The normalized spacial score (nSPS) is 12.9. The Kier molecular flexibility index (Phi) is 4.46. The molecule has 0 fully saturated rings. The summed E-state index contributed by atoms with van der Waals surface area (Å²) >= 11 is 0. The van der Waals surface area contributed by atoms with Crippen LogP contribution in [0.5, 0.6) is 0 Å². The molecule has 7 heteroatoms. The number of primary sulfonamides is 1. The average molecular weight is 307 g/mol. The van der Waals surface area contributed by atoms with Crippen molar-refractivity contribution in [2.24, 2.45) is 5.14 Å². The molecule has 0 saturated heterocycles. The molecule has 0 saturated carbocycles.